The first-order chi connectivity index (χ1) is 16.9. The highest BCUT2D eigenvalue weighted by Gasteiger charge is 2.41. The summed E-state index contributed by atoms with van der Waals surface area (Å²) in [5.74, 6) is -7.42. The topological polar surface area (TPSA) is 158 Å². The minimum atomic E-state index is -0.926. The van der Waals surface area contributed by atoms with Crippen LogP contribution < -0.4 is 28.4 Å². The molecule has 0 amide bonds. The minimum Gasteiger partial charge on any atom is -0.493 e. The van der Waals surface area contributed by atoms with Crippen LogP contribution in [0.4, 0.5) is 0 Å². The second-order valence-electron chi connectivity index (χ2n) is 7.35. The first kappa shape index (κ1) is 25.9. The van der Waals surface area contributed by atoms with Gasteiger partial charge in [0.25, 0.3) is 0 Å². The molecule has 0 radical (unpaired) electrons. The monoisotopic (exact) mass is 500 g/mol. The molecule has 0 aliphatic heterocycles. The average Bonchev–Trinajstić information content (AvgIpc) is 2.77. The molecule has 0 fully saturated rings. The van der Waals surface area contributed by atoms with Crippen molar-refractivity contribution in [3.63, 3.8) is 0 Å². The van der Waals surface area contributed by atoms with Gasteiger partial charge in [0.05, 0.1) is 25.3 Å². The van der Waals surface area contributed by atoms with Crippen LogP contribution in [0.5, 0.6) is 34.5 Å². The summed E-state index contributed by atoms with van der Waals surface area (Å²) in [5.41, 5.74) is -1.45. The lowest BCUT2D eigenvalue weighted by molar-refractivity contribution is -0.135. The van der Waals surface area contributed by atoms with Crippen LogP contribution in [0.15, 0.2) is 12.1 Å². The van der Waals surface area contributed by atoms with E-state index in [0.717, 1.165) is 33.8 Å². The molecule has 0 saturated heterocycles. The van der Waals surface area contributed by atoms with Gasteiger partial charge in [-0.1, -0.05) is 0 Å². The number of rotatable bonds is 6. The first-order valence-corrected chi connectivity index (χ1v) is 10.2. The van der Waals surface area contributed by atoms with Gasteiger partial charge in [-0.3, -0.25) is 28.8 Å². The van der Waals surface area contributed by atoms with Crippen molar-refractivity contribution in [1.29, 1.82) is 0 Å². The molecule has 1 aliphatic rings. The second kappa shape index (κ2) is 9.86. The Labute approximate surface area is 204 Å². The van der Waals surface area contributed by atoms with E-state index in [1.807, 2.05) is 0 Å². The molecule has 0 heterocycles. The lowest BCUT2D eigenvalue weighted by Crippen LogP contribution is -2.25. The summed E-state index contributed by atoms with van der Waals surface area (Å²) < 4.78 is 31.1. The predicted octanol–water partition coefficient (Wildman–Crippen LogP) is 2.18. The van der Waals surface area contributed by atoms with Crippen LogP contribution in [-0.2, 0) is 19.2 Å². The molecule has 0 saturated carbocycles. The van der Waals surface area contributed by atoms with Crippen molar-refractivity contribution in [2.75, 3.05) is 14.2 Å². The third kappa shape index (κ3) is 4.60. The van der Waals surface area contributed by atoms with Crippen LogP contribution >= 0.6 is 0 Å². The number of hydrogen-bond donors (Lipinski definition) is 0. The summed E-state index contributed by atoms with van der Waals surface area (Å²) >= 11 is 0. The molecule has 0 bridgehead atoms. The van der Waals surface area contributed by atoms with Crippen molar-refractivity contribution < 1.29 is 57.2 Å². The number of fused-ring (bicyclic) bond motifs is 2. The van der Waals surface area contributed by atoms with E-state index in [0.29, 0.717) is 0 Å². The molecule has 0 unspecified atom stereocenters. The normalized spacial score (nSPS) is 11.6. The molecule has 2 aromatic carbocycles. The molecular formula is C24H20O12. The van der Waals surface area contributed by atoms with Crippen molar-refractivity contribution in [3.8, 4) is 34.5 Å². The fourth-order valence-corrected chi connectivity index (χ4v) is 3.61. The second-order valence-corrected chi connectivity index (χ2v) is 7.35. The fourth-order valence-electron chi connectivity index (χ4n) is 3.61. The molecule has 1 aliphatic carbocycles. The van der Waals surface area contributed by atoms with E-state index >= 15 is 0 Å². The van der Waals surface area contributed by atoms with E-state index in [1.54, 1.807) is 0 Å². The maximum Gasteiger partial charge on any atom is 0.308 e. The number of ether oxygens (including phenoxy) is 6. The third-order valence-corrected chi connectivity index (χ3v) is 4.76. The Morgan fingerprint density at radius 2 is 0.917 bits per heavy atom. The molecular weight excluding hydrogens is 480 g/mol. The summed E-state index contributed by atoms with van der Waals surface area (Å²) in [4.78, 5) is 74.6. The molecule has 0 N–H and O–H groups in total. The summed E-state index contributed by atoms with van der Waals surface area (Å²) in [5, 5.41) is 0. The lowest BCUT2D eigenvalue weighted by atomic mass is 9.82. The smallest absolute Gasteiger partial charge is 0.308 e. The molecule has 12 heteroatoms. The van der Waals surface area contributed by atoms with E-state index in [-0.39, 0.29) is 33.9 Å². The zero-order valence-electron chi connectivity index (χ0n) is 20.1. The summed E-state index contributed by atoms with van der Waals surface area (Å²) in [6.07, 6.45) is 0. The van der Waals surface area contributed by atoms with E-state index < -0.39 is 58.3 Å². The summed E-state index contributed by atoms with van der Waals surface area (Å²) in [6.45, 7) is 4.16. The van der Waals surface area contributed by atoms with E-state index in [2.05, 4.69) is 0 Å². The Morgan fingerprint density at radius 3 is 1.31 bits per heavy atom. The molecule has 0 atom stereocenters. The van der Waals surface area contributed by atoms with E-state index in [9.17, 15) is 28.8 Å². The number of carbonyl (C=O) groups is 6. The number of ketones is 2. The van der Waals surface area contributed by atoms with Crippen molar-refractivity contribution in [3.05, 3.63) is 34.4 Å². The SMILES string of the molecule is COc1cc2c(c(OC(C)=O)c1OC)C(=O)c1cc(OC(C)=O)c(OC(C)=O)c(OC(C)=O)c1C2=O. The van der Waals surface area contributed by atoms with E-state index in [1.165, 1.54) is 20.3 Å². The van der Waals surface area contributed by atoms with Gasteiger partial charge in [-0.15, -0.1) is 0 Å². The van der Waals surface area contributed by atoms with Gasteiger partial charge in [-0.2, -0.15) is 0 Å². The van der Waals surface area contributed by atoms with Gasteiger partial charge >= 0.3 is 23.9 Å². The van der Waals surface area contributed by atoms with Gasteiger partial charge in [-0.05, 0) is 12.1 Å². The fraction of sp³-hybridized carbons (Fsp3) is 0.250. The Kier molecular flexibility index (Phi) is 7.09. The van der Waals surface area contributed by atoms with Crippen molar-refractivity contribution in [2.45, 2.75) is 27.7 Å². The molecule has 12 nitrogen and oxygen atoms in total. The Bertz CT molecular complexity index is 1350. The number of methoxy groups -OCH3 is 2. The average molecular weight is 500 g/mol. The highest BCUT2D eigenvalue weighted by Crippen LogP contribution is 2.50. The van der Waals surface area contributed by atoms with Crippen LogP contribution in [0.2, 0.25) is 0 Å². The van der Waals surface area contributed by atoms with Gasteiger partial charge in [0.15, 0.2) is 34.6 Å². The Balaban J connectivity index is 2.47. The van der Waals surface area contributed by atoms with Crippen LogP contribution in [0.25, 0.3) is 0 Å². The Morgan fingerprint density at radius 1 is 0.528 bits per heavy atom. The van der Waals surface area contributed by atoms with Gasteiger partial charge in [0, 0.05) is 38.8 Å². The highest BCUT2D eigenvalue weighted by atomic mass is 16.6. The minimum absolute atomic E-state index is 0.0390. The van der Waals surface area contributed by atoms with Gasteiger partial charge in [0.2, 0.25) is 11.5 Å². The quantitative estimate of drug-likeness (QED) is 0.359. The first-order valence-electron chi connectivity index (χ1n) is 10.2. The van der Waals surface area contributed by atoms with Crippen LogP contribution in [-0.4, -0.2) is 49.7 Å². The standard InChI is InChI=1S/C24H20O12/c1-9(25)33-16-8-14-18(24(36-12(4)28)22(16)34-10(2)26)19(29)13-7-15(31-5)21(32-6)23(35-11(3)27)17(13)20(14)30/h7-8H,1-6H3. The number of esters is 4. The van der Waals surface area contributed by atoms with Crippen LogP contribution in [0.3, 0.4) is 0 Å². The van der Waals surface area contributed by atoms with Crippen LogP contribution in [0, 0.1) is 0 Å². The van der Waals surface area contributed by atoms with Gasteiger partial charge in [0.1, 0.15) is 0 Å². The molecule has 3 rings (SSSR count). The molecule has 36 heavy (non-hydrogen) atoms. The lowest BCUT2D eigenvalue weighted by Gasteiger charge is -2.25. The van der Waals surface area contributed by atoms with E-state index in [4.69, 9.17) is 28.4 Å². The third-order valence-electron chi connectivity index (χ3n) is 4.76. The maximum atomic E-state index is 13.7. The number of hydrogen-bond acceptors (Lipinski definition) is 12. The zero-order valence-corrected chi connectivity index (χ0v) is 20.1. The van der Waals surface area contributed by atoms with Crippen LogP contribution in [0.1, 0.15) is 59.5 Å². The highest BCUT2D eigenvalue weighted by molar-refractivity contribution is 6.31. The Hall–Kier alpha value is -4.74. The molecule has 0 spiro atoms. The van der Waals surface area contributed by atoms with Crippen molar-refractivity contribution in [2.24, 2.45) is 0 Å². The zero-order chi connectivity index (χ0) is 26.9. The van der Waals surface area contributed by atoms with Crippen molar-refractivity contribution in [1.82, 2.24) is 0 Å². The molecule has 188 valence electrons. The number of carbonyl (C=O) groups excluding carboxylic acids is 6. The molecule has 2 aromatic rings. The van der Waals surface area contributed by atoms with Gasteiger partial charge < -0.3 is 28.4 Å². The molecule has 0 aromatic heterocycles. The van der Waals surface area contributed by atoms with Gasteiger partial charge in [-0.25, -0.2) is 0 Å². The predicted molar refractivity (Wildman–Crippen MR) is 118 cm³/mol. The van der Waals surface area contributed by atoms with Crippen molar-refractivity contribution >= 4 is 35.4 Å². The maximum absolute atomic E-state index is 13.7. The largest absolute Gasteiger partial charge is 0.493 e. The summed E-state index contributed by atoms with van der Waals surface area (Å²) in [6, 6.07) is 2.17. The number of benzene rings is 2. The summed E-state index contributed by atoms with van der Waals surface area (Å²) in [7, 11) is 2.50.